The number of methoxy groups -OCH3 is 1. The third-order valence-electron chi connectivity index (χ3n) is 4.21. The van der Waals surface area contributed by atoms with Crippen LogP contribution < -0.4 is 5.32 Å². The van der Waals surface area contributed by atoms with E-state index in [1.807, 2.05) is 21.8 Å². The molecule has 0 aromatic carbocycles. The highest BCUT2D eigenvalue weighted by Crippen LogP contribution is 2.29. The molecule has 3 rings (SSSR count). The fraction of sp³-hybridized carbons (Fsp3) is 0.562. The van der Waals surface area contributed by atoms with Crippen LogP contribution in [0, 0.1) is 0 Å². The van der Waals surface area contributed by atoms with Crippen LogP contribution in [0.4, 0.5) is 10.6 Å². The molecule has 2 aromatic heterocycles. The van der Waals surface area contributed by atoms with Crippen molar-refractivity contribution in [2.75, 3.05) is 25.6 Å². The summed E-state index contributed by atoms with van der Waals surface area (Å²) in [4.78, 5) is 21.9. The minimum absolute atomic E-state index is 0.00228. The number of hydrogen-bond acceptors (Lipinski definition) is 4. The predicted octanol–water partition coefficient (Wildman–Crippen LogP) is 2.40. The summed E-state index contributed by atoms with van der Waals surface area (Å²) in [7, 11) is 1.68. The number of likely N-dealkylation sites (tertiary alicyclic amines) is 1. The highest BCUT2D eigenvalue weighted by Gasteiger charge is 2.29. The topological polar surface area (TPSA) is 88.1 Å². The van der Waals surface area contributed by atoms with Crippen LogP contribution in [0.3, 0.4) is 0 Å². The Morgan fingerprint density at radius 1 is 1.50 bits per heavy atom. The lowest BCUT2D eigenvalue weighted by molar-refractivity contribution is 0.159. The third-order valence-corrected chi connectivity index (χ3v) is 4.21. The second kappa shape index (κ2) is 7.96. The van der Waals surface area contributed by atoms with Crippen LogP contribution in [0.5, 0.6) is 0 Å². The SMILES string of the molecule is COCCCn1ccc(NC(=O)N2CCCCC2c2ncc[nH]2)n1. The van der Waals surface area contributed by atoms with E-state index in [0.29, 0.717) is 12.4 Å². The zero-order valence-corrected chi connectivity index (χ0v) is 13.9. The molecule has 1 aliphatic heterocycles. The lowest BCUT2D eigenvalue weighted by Gasteiger charge is -2.34. The number of imidazole rings is 1. The Hall–Kier alpha value is -2.35. The number of carbonyl (C=O) groups excluding carboxylic acids is 1. The number of nitrogens with one attached hydrogen (secondary N) is 2. The largest absolute Gasteiger partial charge is 0.385 e. The first kappa shape index (κ1) is 16.5. The Morgan fingerprint density at radius 3 is 3.21 bits per heavy atom. The van der Waals surface area contributed by atoms with E-state index in [9.17, 15) is 4.79 Å². The number of urea groups is 1. The molecule has 2 N–H and O–H groups in total. The van der Waals surface area contributed by atoms with Crippen LogP contribution in [0.25, 0.3) is 0 Å². The second-order valence-corrected chi connectivity index (χ2v) is 5.92. The number of hydrogen-bond donors (Lipinski definition) is 2. The molecule has 0 bridgehead atoms. The Kier molecular flexibility index (Phi) is 5.47. The molecule has 2 aromatic rings. The normalized spacial score (nSPS) is 17.9. The van der Waals surface area contributed by atoms with E-state index in [4.69, 9.17) is 4.74 Å². The molecule has 1 unspecified atom stereocenters. The number of amides is 2. The van der Waals surface area contributed by atoms with Crippen LogP contribution in [-0.2, 0) is 11.3 Å². The Bertz CT molecular complexity index is 639. The van der Waals surface area contributed by atoms with Gasteiger partial charge in [0.05, 0.1) is 6.04 Å². The lowest BCUT2D eigenvalue weighted by Crippen LogP contribution is -2.41. The molecule has 1 fully saturated rings. The third kappa shape index (κ3) is 3.94. The number of piperidine rings is 1. The summed E-state index contributed by atoms with van der Waals surface area (Å²) in [5, 5.41) is 7.28. The predicted molar refractivity (Wildman–Crippen MR) is 89.6 cm³/mol. The molecule has 1 saturated heterocycles. The van der Waals surface area contributed by atoms with Crippen LogP contribution in [0.2, 0.25) is 0 Å². The molecule has 2 amide bonds. The number of aromatic amines is 1. The highest BCUT2D eigenvalue weighted by molar-refractivity contribution is 5.88. The van der Waals surface area contributed by atoms with Crippen molar-refractivity contribution in [3.8, 4) is 0 Å². The minimum Gasteiger partial charge on any atom is -0.385 e. The fourth-order valence-corrected chi connectivity index (χ4v) is 3.02. The van der Waals surface area contributed by atoms with Crippen molar-refractivity contribution < 1.29 is 9.53 Å². The highest BCUT2D eigenvalue weighted by atomic mass is 16.5. The van der Waals surface area contributed by atoms with E-state index in [-0.39, 0.29) is 12.1 Å². The molecule has 0 radical (unpaired) electrons. The zero-order valence-electron chi connectivity index (χ0n) is 13.9. The van der Waals surface area contributed by atoms with E-state index >= 15 is 0 Å². The molecule has 0 aliphatic carbocycles. The van der Waals surface area contributed by atoms with Gasteiger partial charge in [-0.05, 0) is 25.7 Å². The van der Waals surface area contributed by atoms with Gasteiger partial charge in [-0.2, -0.15) is 5.10 Å². The number of nitrogens with zero attached hydrogens (tertiary/aromatic N) is 4. The quantitative estimate of drug-likeness (QED) is 0.795. The van der Waals surface area contributed by atoms with Crippen molar-refractivity contribution >= 4 is 11.8 Å². The summed E-state index contributed by atoms with van der Waals surface area (Å²) >= 11 is 0. The summed E-state index contributed by atoms with van der Waals surface area (Å²) in [6.45, 7) is 2.19. The Morgan fingerprint density at radius 2 is 2.42 bits per heavy atom. The van der Waals surface area contributed by atoms with Crippen molar-refractivity contribution in [3.63, 3.8) is 0 Å². The van der Waals surface area contributed by atoms with Gasteiger partial charge in [-0.3, -0.25) is 10.00 Å². The maximum atomic E-state index is 12.6. The van der Waals surface area contributed by atoms with E-state index in [1.165, 1.54) is 0 Å². The van der Waals surface area contributed by atoms with Crippen LogP contribution in [0.15, 0.2) is 24.7 Å². The van der Waals surface area contributed by atoms with Gasteiger partial charge in [-0.25, -0.2) is 9.78 Å². The van der Waals surface area contributed by atoms with E-state index in [1.54, 1.807) is 19.5 Å². The maximum Gasteiger partial charge on any atom is 0.323 e. The molecule has 130 valence electrons. The summed E-state index contributed by atoms with van der Waals surface area (Å²) in [5.74, 6) is 1.41. The monoisotopic (exact) mass is 332 g/mol. The van der Waals surface area contributed by atoms with Crippen molar-refractivity contribution in [3.05, 3.63) is 30.5 Å². The summed E-state index contributed by atoms with van der Waals surface area (Å²) < 4.78 is 6.85. The molecular weight excluding hydrogens is 308 g/mol. The molecule has 24 heavy (non-hydrogen) atoms. The number of aromatic nitrogens is 4. The van der Waals surface area contributed by atoms with Gasteiger partial charge in [-0.1, -0.05) is 0 Å². The molecule has 8 nitrogen and oxygen atoms in total. The fourth-order valence-electron chi connectivity index (χ4n) is 3.02. The van der Waals surface area contributed by atoms with Crippen molar-refractivity contribution in [1.29, 1.82) is 0 Å². The number of rotatable bonds is 6. The number of ether oxygens (including phenoxy) is 1. The Labute approximate surface area is 141 Å². The second-order valence-electron chi connectivity index (χ2n) is 5.92. The van der Waals surface area contributed by atoms with Crippen LogP contribution in [0.1, 0.15) is 37.5 Å². The van der Waals surface area contributed by atoms with Crippen molar-refractivity contribution in [1.82, 2.24) is 24.6 Å². The average molecular weight is 332 g/mol. The van der Waals surface area contributed by atoms with Gasteiger partial charge in [-0.15, -0.1) is 0 Å². The lowest BCUT2D eigenvalue weighted by atomic mass is 10.0. The van der Waals surface area contributed by atoms with Crippen molar-refractivity contribution in [2.45, 2.75) is 38.3 Å². The maximum absolute atomic E-state index is 12.6. The van der Waals surface area contributed by atoms with Crippen LogP contribution in [-0.4, -0.2) is 50.9 Å². The van der Waals surface area contributed by atoms with Crippen LogP contribution >= 0.6 is 0 Å². The molecule has 1 aliphatic rings. The average Bonchev–Trinajstić information content (AvgIpc) is 3.27. The molecular formula is C16H24N6O2. The van der Waals surface area contributed by atoms with E-state index in [0.717, 1.165) is 44.6 Å². The number of aryl methyl sites for hydroxylation is 1. The van der Waals surface area contributed by atoms with Crippen molar-refractivity contribution in [2.24, 2.45) is 0 Å². The zero-order chi connectivity index (χ0) is 16.8. The molecule has 0 saturated carbocycles. The molecule has 3 heterocycles. The summed E-state index contributed by atoms with van der Waals surface area (Å²) in [6, 6.07) is 1.69. The van der Waals surface area contributed by atoms with E-state index in [2.05, 4.69) is 20.4 Å². The Balaban J connectivity index is 1.61. The van der Waals surface area contributed by atoms with Gasteiger partial charge in [0.15, 0.2) is 5.82 Å². The molecule has 1 atom stereocenters. The first-order chi connectivity index (χ1) is 11.8. The number of anilines is 1. The smallest absolute Gasteiger partial charge is 0.323 e. The minimum atomic E-state index is -0.127. The first-order valence-electron chi connectivity index (χ1n) is 8.37. The molecule has 0 spiro atoms. The number of carbonyl (C=O) groups is 1. The van der Waals surface area contributed by atoms with Gasteiger partial charge in [0.25, 0.3) is 0 Å². The van der Waals surface area contributed by atoms with Gasteiger partial charge in [0.1, 0.15) is 5.82 Å². The number of H-pyrrole nitrogens is 1. The van der Waals surface area contributed by atoms with Gasteiger partial charge < -0.3 is 14.6 Å². The van der Waals surface area contributed by atoms with E-state index < -0.39 is 0 Å². The summed E-state index contributed by atoms with van der Waals surface area (Å²) in [6.07, 6.45) is 9.30. The summed E-state index contributed by atoms with van der Waals surface area (Å²) in [5.41, 5.74) is 0. The van der Waals surface area contributed by atoms with Gasteiger partial charge in [0.2, 0.25) is 0 Å². The van der Waals surface area contributed by atoms with Gasteiger partial charge in [0, 0.05) is 51.5 Å². The standard InChI is InChI=1S/C16H24N6O2/c1-24-12-4-9-21-11-6-14(20-21)19-16(23)22-10-3-2-5-13(22)15-17-7-8-18-15/h6-8,11,13H,2-5,9-10,12H2,1H3,(H,17,18)(H,19,20,23). The first-order valence-corrected chi connectivity index (χ1v) is 8.37. The van der Waals surface area contributed by atoms with Gasteiger partial charge >= 0.3 is 6.03 Å². The molecule has 8 heteroatoms.